The van der Waals surface area contributed by atoms with E-state index in [1.54, 1.807) is 37.4 Å². The molecule has 0 N–H and O–H groups in total. The Bertz CT molecular complexity index is 1060. The SMILES string of the molecule is C=N/C=C\C(COc1ccc(S(=O)(=O)N(CC(C)C)c2ccc(C)cc2C)cc1)=N/C. The van der Waals surface area contributed by atoms with Crippen LogP contribution in [0.4, 0.5) is 5.69 Å². The third kappa shape index (κ3) is 6.52. The van der Waals surface area contributed by atoms with Gasteiger partial charge in [0, 0.05) is 19.8 Å². The van der Waals surface area contributed by atoms with Crippen LogP contribution in [0.15, 0.2) is 69.6 Å². The number of hydrogen-bond donors (Lipinski definition) is 0. The fourth-order valence-corrected chi connectivity index (χ4v) is 4.75. The molecule has 0 bridgehead atoms. The first-order chi connectivity index (χ1) is 14.7. The molecule has 0 aliphatic carbocycles. The molecule has 0 aliphatic heterocycles. The molecule has 2 rings (SSSR count). The van der Waals surface area contributed by atoms with E-state index in [2.05, 4.69) is 16.7 Å². The van der Waals surface area contributed by atoms with Crippen LogP contribution in [0.25, 0.3) is 0 Å². The maximum Gasteiger partial charge on any atom is 0.264 e. The van der Waals surface area contributed by atoms with Crippen LogP contribution in [-0.2, 0) is 10.0 Å². The Hall–Kier alpha value is -2.93. The predicted octanol–water partition coefficient (Wildman–Crippen LogP) is 4.82. The topological polar surface area (TPSA) is 71.3 Å². The van der Waals surface area contributed by atoms with Crippen molar-refractivity contribution in [1.82, 2.24) is 0 Å². The molecule has 0 radical (unpaired) electrons. The summed E-state index contributed by atoms with van der Waals surface area (Å²) in [6.07, 6.45) is 3.25. The lowest BCUT2D eigenvalue weighted by Gasteiger charge is -2.28. The lowest BCUT2D eigenvalue weighted by atomic mass is 10.1. The Labute approximate surface area is 186 Å². The minimum absolute atomic E-state index is 0.169. The Morgan fingerprint density at radius 3 is 2.39 bits per heavy atom. The second-order valence-electron chi connectivity index (χ2n) is 7.69. The summed E-state index contributed by atoms with van der Waals surface area (Å²) in [4.78, 5) is 7.98. The summed E-state index contributed by atoms with van der Waals surface area (Å²) in [5, 5.41) is 0. The van der Waals surface area contributed by atoms with Crippen molar-refractivity contribution >= 4 is 28.1 Å². The third-order valence-corrected chi connectivity index (χ3v) is 6.40. The molecule has 0 spiro atoms. The quantitative estimate of drug-likeness (QED) is 0.496. The average molecular weight is 442 g/mol. The number of anilines is 1. The summed E-state index contributed by atoms with van der Waals surface area (Å²) in [5.74, 6) is 0.727. The Morgan fingerprint density at radius 2 is 1.84 bits per heavy atom. The lowest BCUT2D eigenvalue weighted by Crippen LogP contribution is -2.34. The van der Waals surface area contributed by atoms with E-state index in [1.165, 1.54) is 10.5 Å². The van der Waals surface area contributed by atoms with Crippen molar-refractivity contribution in [1.29, 1.82) is 0 Å². The van der Waals surface area contributed by atoms with Gasteiger partial charge in [0.25, 0.3) is 10.0 Å². The fourth-order valence-electron chi connectivity index (χ4n) is 3.06. The van der Waals surface area contributed by atoms with Crippen molar-refractivity contribution in [2.24, 2.45) is 15.9 Å². The highest BCUT2D eigenvalue weighted by Gasteiger charge is 2.27. The highest BCUT2D eigenvalue weighted by Crippen LogP contribution is 2.29. The van der Waals surface area contributed by atoms with Crippen molar-refractivity contribution in [3.63, 3.8) is 0 Å². The van der Waals surface area contributed by atoms with Crippen LogP contribution >= 0.6 is 0 Å². The van der Waals surface area contributed by atoms with Gasteiger partial charge in [-0.05, 0) is 68.5 Å². The molecule has 0 aliphatic rings. The number of aliphatic imine (C=N–C) groups is 2. The maximum atomic E-state index is 13.5. The highest BCUT2D eigenvalue weighted by molar-refractivity contribution is 7.92. The van der Waals surface area contributed by atoms with Crippen molar-refractivity contribution < 1.29 is 13.2 Å². The molecule has 2 aromatic carbocycles. The zero-order chi connectivity index (χ0) is 23.0. The molecule has 166 valence electrons. The Kier molecular flexibility index (Phi) is 8.56. The van der Waals surface area contributed by atoms with Gasteiger partial charge in [-0.3, -0.25) is 14.3 Å². The molecule has 0 fully saturated rings. The number of rotatable bonds is 10. The number of nitrogens with zero attached hydrogens (tertiary/aromatic N) is 3. The molecule has 0 saturated carbocycles. The van der Waals surface area contributed by atoms with Crippen molar-refractivity contribution in [3.8, 4) is 5.75 Å². The average Bonchev–Trinajstić information content (AvgIpc) is 2.73. The van der Waals surface area contributed by atoms with Crippen LogP contribution in [0.2, 0.25) is 0 Å². The van der Waals surface area contributed by atoms with Gasteiger partial charge in [0.05, 0.1) is 16.3 Å². The number of benzene rings is 2. The molecule has 0 amide bonds. The molecule has 0 atom stereocenters. The second kappa shape index (κ2) is 10.9. The maximum absolute atomic E-state index is 13.5. The molecular weight excluding hydrogens is 410 g/mol. The highest BCUT2D eigenvalue weighted by atomic mass is 32.2. The van der Waals surface area contributed by atoms with Gasteiger partial charge in [-0.1, -0.05) is 31.5 Å². The smallest absolute Gasteiger partial charge is 0.264 e. The van der Waals surface area contributed by atoms with Crippen LogP contribution in [0.1, 0.15) is 25.0 Å². The largest absolute Gasteiger partial charge is 0.487 e. The van der Waals surface area contributed by atoms with E-state index in [9.17, 15) is 8.42 Å². The van der Waals surface area contributed by atoms with Gasteiger partial charge < -0.3 is 4.74 Å². The summed E-state index contributed by atoms with van der Waals surface area (Å²) < 4.78 is 34.2. The first-order valence-electron chi connectivity index (χ1n) is 10.1. The zero-order valence-corrected chi connectivity index (χ0v) is 19.7. The monoisotopic (exact) mass is 441 g/mol. The van der Waals surface area contributed by atoms with E-state index in [0.29, 0.717) is 23.7 Å². The van der Waals surface area contributed by atoms with E-state index in [4.69, 9.17) is 4.74 Å². The summed E-state index contributed by atoms with van der Waals surface area (Å²) in [6, 6.07) is 12.3. The standard InChI is InChI=1S/C24H31N3O3S/c1-18(2)16-27(24-12-7-19(3)15-20(24)4)31(28,29)23-10-8-22(9-11-23)30-17-21(26-6)13-14-25-5/h7-15,18H,5,16-17H2,1-4,6H3/b14-13-,26-21+. The van der Waals surface area contributed by atoms with Gasteiger partial charge >= 0.3 is 0 Å². The fraction of sp³-hybridized carbons (Fsp3) is 0.333. The van der Waals surface area contributed by atoms with Crippen molar-refractivity contribution in [2.45, 2.75) is 32.6 Å². The number of hydrogen-bond acceptors (Lipinski definition) is 5. The molecule has 6 nitrogen and oxygen atoms in total. The van der Waals surface area contributed by atoms with Crippen molar-refractivity contribution in [3.05, 3.63) is 65.9 Å². The van der Waals surface area contributed by atoms with Crippen LogP contribution in [0, 0.1) is 19.8 Å². The minimum atomic E-state index is -3.73. The Morgan fingerprint density at radius 1 is 1.16 bits per heavy atom. The normalized spacial score (nSPS) is 12.4. The Balaban J connectivity index is 2.29. The number of ether oxygens (including phenoxy) is 1. The van der Waals surface area contributed by atoms with E-state index < -0.39 is 10.0 Å². The molecule has 31 heavy (non-hydrogen) atoms. The minimum Gasteiger partial charge on any atom is -0.487 e. The van der Waals surface area contributed by atoms with E-state index in [0.717, 1.165) is 11.1 Å². The van der Waals surface area contributed by atoms with Gasteiger partial charge in [-0.2, -0.15) is 0 Å². The molecular formula is C24H31N3O3S. The summed E-state index contributed by atoms with van der Waals surface area (Å²) in [5.41, 5.74) is 3.42. The number of aryl methyl sites for hydroxylation is 2. The zero-order valence-electron chi connectivity index (χ0n) is 18.9. The molecule has 0 saturated heterocycles. The van der Waals surface area contributed by atoms with Gasteiger partial charge in [0.1, 0.15) is 12.4 Å². The molecule has 0 heterocycles. The van der Waals surface area contributed by atoms with Gasteiger partial charge in [0.2, 0.25) is 0 Å². The summed E-state index contributed by atoms with van der Waals surface area (Å²) in [6.45, 7) is 12.0. The van der Waals surface area contributed by atoms with Gasteiger partial charge in [-0.25, -0.2) is 8.42 Å². The van der Waals surface area contributed by atoms with Crippen LogP contribution in [-0.4, -0.2) is 41.0 Å². The number of sulfonamides is 1. The molecule has 0 aromatic heterocycles. The predicted molar refractivity (Wildman–Crippen MR) is 129 cm³/mol. The summed E-state index contributed by atoms with van der Waals surface area (Å²) >= 11 is 0. The first-order valence-corrected chi connectivity index (χ1v) is 11.5. The van der Waals surface area contributed by atoms with Crippen LogP contribution in [0.5, 0.6) is 5.75 Å². The van der Waals surface area contributed by atoms with E-state index >= 15 is 0 Å². The third-order valence-electron chi connectivity index (χ3n) is 4.61. The molecule has 0 unspecified atom stereocenters. The van der Waals surface area contributed by atoms with Crippen molar-refractivity contribution in [2.75, 3.05) is 24.5 Å². The van der Waals surface area contributed by atoms with Crippen LogP contribution < -0.4 is 9.04 Å². The molecule has 2 aromatic rings. The summed E-state index contributed by atoms with van der Waals surface area (Å²) in [7, 11) is -2.06. The van der Waals surface area contributed by atoms with Gasteiger partial charge in [0.15, 0.2) is 0 Å². The van der Waals surface area contributed by atoms with Gasteiger partial charge in [-0.15, -0.1) is 0 Å². The van der Waals surface area contributed by atoms with Crippen LogP contribution in [0.3, 0.4) is 0 Å². The first kappa shape index (κ1) is 24.3. The molecule has 7 heteroatoms. The van der Waals surface area contributed by atoms with E-state index in [1.807, 2.05) is 45.9 Å². The second-order valence-corrected chi connectivity index (χ2v) is 9.56. The van der Waals surface area contributed by atoms with E-state index in [-0.39, 0.29) is 17.4 Å². The lowest BCUT2D eigenvalue weighted by molar-refractivity contribution is 0.377.